The van der Waals surface area contributed by atoms with Crippen LogP contribution in [-0.2, 0) is 6.54 Å². The van der Waals surface area contributed by atoms with Gasteiger partial charge < -0.3 is 10.2 Å². The molecule has 0 aromatic heterocycles. The third-order valence-electron chi connectivity index (χ3n) is 3.90. The van der Waals surface area contributed by atoms with Gasteiger partial charge in [-0.15, -0.1) is 0 Å². The van der Waals surface area contributed by atoms with E-state index in [-0.39, 0.29) is 0 Å². The predicted octanol–water partition coefficient (Wildman–Crippen LogP) is 2.78. The van der Waals surface area contributed by atoms with Crippen molar-refractivity contribution < 1.29 is 0 Å². The van der Waals surface area contributed by atoms with Crippen molar-refractivity contribution in [2.24, 2.45) is 5.92 Å². The molecule has 0 radical (unpaired) electrons. The van der Waals surface area contributed by atoms with E-state index < -0.39 is 0 Å². The molecule has 1 aromatic carbocycles. The quantitative estimate of drug-likeness (QED) is 0.855. The normalized spacial score (nSPS) is 24.3. The van der Waals surface area contributed by atoms with E-state index in [9.17, 15) is 0 Å². The van der Waals surface area contributed by atoms with Crippen molar-refractivity contribution in [3.8, 4) is 0 Å². The maximum atomic E-state index is 3.56. The largest absolute Gasteiger partial charge is 0.371 e. The molecule has 1 unspecified atom stereocenters. The first-order valence-electron chi connectivity index (χ1n) is 6.88. The number of nitrogens with one attached hydrogen (secondary N) is 1. The van der Waals surface area contributed by atoms with Crippen LogP contribution >= 0.6 is 0 Å². The molecular weight excluding hydrogens is 208 g/mol. The second-order valence-corrected chi connectivity index (χ2v) is 5.66. The molecule has 2 nitrogen and oxygen atoms in total. The first kappa shape index (κ1) is 11.1. The minimum atomic E-state index is 0.800. The van der Waals surface area contributed by atoms with Crippen LogP contribution in [0, 0.1) is 5.92 Å². The average Bonchev–Trinajstić information content (AvgIpc) is 3.09. The van der Waals surface area contributed by atoms with Gasteiger partial charge in [0.25, 0.3) is 0 Å². The minimum Gasteiger partial charge on any atom is -0.371 e. The van der Waals surface area contributed by atoms with Crippen molar-refractivity contribution in [3.05, 3.63) is 29.8 Å². The van der Waals surface area contributed by atoms with Gasteiger partial charge >= 0.3 is 0 Å². The fourth-order valence-corrected chi connectivity index (χ4v) is 2.54. The Hall–Kier alpha value is -1.02. The Morgan fingerprint density at radius 2 is 1.94 bits per heavy atom. The van der Waals surface area contributed by atoms with Crippen molar-refractivity contribution >= 4 is 5.69 Å². The second-order valence-electron chi connectivity index (χ2n) is 5.66. The molecule has 92 valence electrons. The van der Waals surface area contributed by atoms with Crippen molar-refractivity contribution in [1.82, 2.24) is 5.32 Å². The summed E-state index contributed by atoms with van der Waals surface area (Å²) in [6.45, 7) is 5.82. The molecule has 1 saturated heterocycles. The van der Waals surface area contributed by atoms with Crippen LogP contribution in [0.2, 0.25) is 0 Å². The summed E-state index contributed by atoms with van der Waals surface area (Å²) >= 11 is 0. The number of hydrogen-bond acceptors (Lipinski definition) is 2. The average molecular weight is 230 g/mol. The number of hydrogen-bond donors (Lipinski definition) is 1. The van der Waals surface area contributed by atoms with Gasteiger partial charge in [-0.25, -0.2) is 0 Å². The summed E-state index contributed by atoms with van der Waals surface area (Å²) in [6, 6.07) is 9.90. The Kier molecular flexibility index (Phi) is 3.06. The summed E-state index contributed by atoms with van der Waals surface area (Å²) in [6.07, 6.45) is 4.07. The first-order chi connectivity index (χ1) is 8.31. The van der Waals surface area contributed by atoms with E-state index in [0.717, 1.165) is 18.5 Å². The monoisotopic (exact) mass is 230 g/mol. The highest BCUT2D eigenvalue weighted by molar-refractivity contribution is 5.48. The molecule has 1 aliphatic heterocycles. The summed E-state index contributed by atoms with van der Waals surface area (Å²) in [5.74, 6) is 0.853. The van der Waals surface area contributed by atoms with Crippen LogP contribution in [0.15, 0.2) is 24.3 Å². The molecule has 2 aliphatic rings. The maximum absolute atomic E-state index is 3.56. The zero-order valence-corrected chi connectivity index (χ0v) is 10.7. The van der Waals surface area contributed by atoms with Gasteiger partial charge in [0, 0.05) is 31.4 Å². The van der Waals surface area contributed by atoms with Crippen LogP contribution < -0.4 is 10.2 Å². The van der Waals surface area contributed by atoms with Gasteiger partial charge in [-0.1, -0.05) is 19.1 Å². The van der Waals surface area contributed by atoms with E-state index in [1.165, 1.54) is 43.6 Å². The molecule has 1 heterocycles. The maximum Gasteiger partial charge on any atom is 0.0366 e. The van der Waals surface area contributed by atoms with Gasteiger partial charge in [0.15, 0.2) is 0 Å². The third kappa shape index (κ3) is 2.81. The van der Waals surface area contributed by atoms with E-state index in [1.807, 2.05) is 0 Å². The topological polar surface area (TPSA) is 15.3 Å². The Balaban J connectivity index is 1.58. The Morgan fingerprint density at radius 3 is 2.53 bits per heavy atom. The molecule has 0 bridgehead atoms. The van der Waals surface area contributed by atoms with E-state index in [4.69, 9.17) is 0 Å². The molecule has 0 spiro atoms. The molecule has 3 rings (SSSR count). The zero-order valence-electron chi connectivity index (χ0n) is 10.7. The van der Waals surface area contributed by atoms with Crippen LogP contribution in [0.25, 0.3) is 0 Å². The van der Waals surface area contributed by atoms with Crippen LogP contribution in [0.3, 0.4) is 0 Å². The standard InChI is InChI=1S/C15H22N2/c1-12-8-9-17(11-12)15-6-2-13(3-7-15)10-16-14-4-5-14/h2-3,6-7,12,14,16H,4-5,8-11H2,1H3. The highest BCUT2D eigenvalue weighted by Crippen LogP contribution is 2.24. The smallest absolute Gasteiger partial charge is 0.0366 e. The van der Waals surface area contributed by atoms with Gasteiger partial charge in [-0.2, -0.15) is 0 Å². The fourth-order valence-electron chi connectivity index (χ4n) is 2.54. The summed E-state index contributed by atoms with van der Waals surface area (Å²) in [5.41, 5.74) is 2.80. The molecule has 1 saturated carbocycles. The molecule has 1 N–H and O–H groups in total. The lowest BCUT2D eigenvalue weighted by Crippen LogP contribution is -2.19. The summed E-state index contributed by atoms with van der Waals surface area (Å²) in [5, 5.41) is 3.56. The van der Waals surface area contributed by atoms with Gasteiger partial charge in [0.2, 0.25) is 0 Å². The van der Waals surface area contributed by atoms with E-state index in [1.54, 1.807) is 0 Å². The number of nitrogens with zero attached hydrogens (tertiary/aromatic N) is 1. The molecule has 1 aromatic rings. The van der Waals surface area contributed by atoms with Crippen LogP contribution in [-0.4, -0.2) is 19.1 Å². The van der Waals surface area contributed by atoms with Crippen LogP contribution in [0.4, 0.5) is 5.69 Å². The number of anilines is 1. The van der Waals surface area contributed by atoms with Crippen LogP contribution in [0.1, 0.15) is 31.7 Å². The Morgan fingerprint density at radius 1 is 1.18 bits per heavy atom. The summed E-state index contributed by atoms with van der Waals surface area (Å²) in [4.78, 5) is 2.50. The van der Waals surface area contributed by atoms with Gasteiger partial charge in [0.1, 0.15) is 0 Å². The van der Waals surface area contributed by atoms with Gasteiger partial charge in [-0.3, -0.25) is 0 Å². The molecule has 1 aliphatic carbocycles. The van der Waals surface area contributed by atoms with Crippen molar-refractivity contribution in [2.45, 2.75) is 38.8 Å². The zero-order chi connectivity index (χ0) is 11.7. The molecule has 0 amide bonds. The second kappa shape index (κ2) is 4.69. The SMILES string of the molecule is CC1CCN(c2ccc(CNC3CC3)cc2)C1. The van der Waals surface area contributed by atoms with Crippen LogP contribution in [0.5, 0.6) is 0 Å². The Bertz CT molecular complexity index is 367. The highest BCUT2D eigenvalue weighted by atomic mass is 15.1. The molecule has 17 heavy (non-hydrogen) atoms. The highest BCUT2D eigenvalue weighted by Gasteiger charge is 2.20. The fraction of sp³-hybridized carbons (Fsp3) is 0.600. The number of benzene rings is 1. The Labute approximate surface area is 104 Å². The van der Waals surface area contributed by atoms with Crippen molar-refractivity contribution in [3.63, 3.8) is 0 Å². The molecular formula is C15H22N2. The lowest BCUT2D eigenvalue weighted by molar-refractivity contribution is 0.659. The van der Waals surface area contributed by atoms with Crippen molar-refractivity contribution in [1.29, 1.82) is 0 Å². The molecule has 2 fully saturated rings. The molecule has 2 heteroatoms. The van der Waals surface area contributed by atoms with Gasteiger partial charge in [0.05, 0.1) is 0 Å². The van der Waals surface area contributed by atoms with E-state index in [0.29, 0.717) is 0 Å². The number of rotatable bonds is 4. The lowest BCUT2D eigenvalue weighted by Gasteiger charge is -2.18. The summed E-state index contributed by atoms with van der Waals surface area (Å²) < 4.78 is 0. The third-order valence-corrected chi connectivity index (χ3v) is 3.90. The van der Waals surface area contributed by atoms with E-state index in [2.05, 4.69) is 41.4 Å². The van der Waals surface area contributed by atoms with Gasteiger partial charge in [-0.05, 0) is 42.9 Å². The summed E-state index contributed by atoms with van der Waals surface area (Å²) in [7, 11) is 0. The van der Waals surface area contributed by atoms with E-state index >= 15 is 0 Å². The predicted molar refractivity (Wildman–Crippen MR) is 72.3 cm³/mol. The minimum absolute atomic E-state index is 0.800. The van der Waals surface area contributed by atoms with Crippen molar-refractivity contribution in [2.75, 3.05) is 18.0 Å². The molecule has 1 atom stereocenters. The first-order valence-corrected chi connectivity index (χ1v) is 6.88. The lowest BCUT2D eigenvalue weighted by atomic mass is 10.2.